The van der Waals surface area contributed by atoms with Crippen molar-refractivity contribution >= 4 is 0 Å². The average molecular weight is 263 g/mol. The minimum absolute atomic E-state index is 0.159. The van der Waals surface area contributed by atoms with E-state index in [0.717, 1.165) is 25.1 Å². The van der Waals surface area contributed by atoms with E-state index in [2.05, 4.69) is 44.3 Å². The molecule has 0 bridgehead atoms. The third kappa shape index (κ3) is 3.28. The largest absolute Gasteiger partial charge is 0.487 e. The van der Waals surface area contributed by atoms with Crippen molar-refractivity contribution in [3.63, 3.8) is 0 Å². The fourth-order valence-corrected chi connectivity index (χ4v) is 2.54. The number of nitrogens with one attached hydrogen (secondary N) is 1. The first kappa shape index (κ1) is 14.4. The van der Waals surface area contributed by atoms with E-state index >= 15 is 0 Å². The van der Waals surface area contributed by atoms with Gasteiger partial charge >= 0.3 is 0 Å². The van der Waals surface area contributed by atoms with Gasteiger partial charge in [0.15, 0.2) is 0 Å². The number of benzene rings is 1. The van der Waals surface area contributed by atoms with E-state index in [4.69, 9.17) is 9.47 Å². The third-order valence-corrected chi connectivity index (χ3v) is 3.80. The van der Waals surface area contributed by atoms with Crippen molar-refractivity contribution in [2.24, 2.45) is 0 Å². The Hall–Kier alpha value is -1.06. The lowest BCUT2D eigenvalue weighted by Gasteiger charge is -2.43. The fraction of sp³-hybridized carbons (Fsp3) is 0.625. The van der Waals surface area contributed by atoms with Crippen LogP contribution in [0, 0.1) is 13.8 Å². The summed E-state index contributed by atoms with van der Waals surface area (Å²) in [6.45, 7) is 7.40. The third-order valence-electron chi connectivity index (χ3n) is 3.80. The monoisotopic (exact) mass is 263 g/mol. The molecule has 3 nitrogen and oxygen atoms in total. The molecule has 1 aromatic rings. The van der Waals surface area contributed by atoms with Gasteiger partial charge in [0.2, 0.25) is 0 Å². The zero-order chi connectivity index (χ0) is 13.8. The van der Waals surface area contributed by atoms with Crippen LogP contribution in [-0.2, 0) is 4.74 Å². The summed E-state index contributed by atoms with van der Waals surface area (Å²) < 4.78 is 11.7. The summed E-state index contributed by atoms with van der Waals surface area (Å²) in [6, 6.07) is 6.76. The van der Waals surface area contributed by atoms with Gasteiger partial charge in [-0.1, -0.05) is 19.1 Å². The van der Waals surface area contributed by atoms with Crippen molar-refractivity contribution in [1.82, 2.24) is 5.32 Å². The van der Waals surface area contributed by atoms with Gasteiger partial charge in [0.1, 0.15) is 18.0 Å². The van der Waals surface area contributed by atoms with Crippen molar-refractivity contribution in [3.8, 4) is 5.75 Å². The van der Waals surface area contributed by atoms with Crippen LogP contribution in [0.1, 0.15) is 30.9 Å². The van der Waals surface area contributed by atoms with Crippen LogP contribution in [-0.4, -0.2) is 31.9 Å². The Morgan fingerprint density at radius 3 is 2.79 bits per heavy atom. The minimum atomic E-state index is 0.159. The Morgan fingerprint density at radius 2 is 2.11 bits per heavy atom. The molecule has 0 saturated heterocycles. The first-order chi connectivity index (χ1) is 9.15. The highest BCUT2D eigenvalue weighted by Gasteiger charge is 2.42. The molecule has 1 aromatic carbocycles. The maximum absolute atomic E-state index is 6.11. The molecule has 19 heavy (non-hydrogen) atoms. The highest BCUT2D eigenvalue weighted by atomic mass is 16.5. The van der Waals surface area contributed by atoms with Crippen molar-refractivity contribution < 1.29 is 9.47 Å². The Labute approximate surface area is 116 Å². The maximum Gasteiger partial charge on any atom is 0.128 e. The van der Waals surface area contributed by atoms with Crippen molar-refractivity contribution in [2.45, 2.75) is 51.9 Å². The van der Waals surface area contributed by atoms with Crippen LogP contribution in [0.15, 0.2) is 18.2 Å². The molecule has 0 aliphatic heterocycles. The van der Waals surface area contributed by atoms with Crippen LogP contribution in [0.4, 0.5) is 0 Å². The van der Waals surface area contributed by atoms with E-state index in [-0.39, 0.29) is 12.2 Å². The molecule has 0 amide bonds. The van der Waals surface area contributed by atoms with E-state index in [1.807, 2.05) is 0 Å². The minimum Gasteiger partial charge on any atom is -0.487 e. The number of hydrogen-bond donors (Lipinski definition) is 1. The van der Waals surface area contributed by atoms with E-state index in [9.17, 15) is 0 Å². The highest BCUT2D eigenvalue weighted by molar-refractivity contribution is 5.36. The van der Waals surface area contributed by atoms with Crippen molar-refractivity contribution in [1.29, 1.82) is 0 Å². The van der Waals surface area contributed by atoms with Gasteiger partial charge in [-0.3, -0.25) is 0 Å². The van der Waals surface area contributed by atoms with E-state index in [1.165, 1.54) is 11.1 Å². The molecule has 0 heterocycles. The molecule has 3 atom stereocenters. The van der Waals surface area contributed by atoms with Gasteiger partial charge in [0, 0.05) is 19.6 Å². The second-order valence-electron chi connectivity index (χ2n) is 5.42. The zero-order valence-corrected chi connectivity index (χ0v) is 12.4. The molecular weight excluding hydrogens is 238 g/mol. The van der Waals surface area contributed by atoms with Crippen LogP contribution in [0.2, 0.25) is 0 Å². The lowest BCUT2D eigenvalue weighted by atomic mass is 9.85. The Bertz CT molecular complexity index is 419. The van der Waals surface area contributed by atoms with Gasteiger partial charge in [-0.05, 0) is 44.0 Å². The summed E-state index contributed by atoms with van der Waals surface area (Å²) in [5.41, 5.74) is 2.42. The SMILES string of the molecule is CCCNC1CC(Oc2cc(C)ccc2C)C1OC. The zero-order valence-electron chi connectivity index (χ0n) is 12.4. The lowest BCUT2D eigenvalue weighted by Crippen LogP contribution is -2.61. The molecule has 3 heteroatoms. The average Bonchev–Trinajstić information content (AvgIpc) is 2.37. The Balaban J connectivity index is 1.95. The second-order valence-corrected chi connectivity index (χ2v) is 5.42. The Kier molecular flexibility index (Phi) is 4.83. The van der Waals surface area contributed by atoms with E-state index in [1.54, 1.807) is 7.11 Å². The number of hydrogen-bond acceptors (Lipinski definition) is 3. The molecule has 106 valence electrons. The topological polar surface area (TPSA) is 30.5 Å². The quantitative estimate of drug-likeness (QED) is 0.856. The number of ether oxygens (including phenoxy) is 2. The van der Waals surface area contributed by atoms with Gasteiger partial charge in [-0.15, -0.1) is 0 Å². The fourth-order valence-electron chi connectivity index (χ4n) is 2.54. The summed E-state index contributed by atoms with van der Waals surface area (Å²) in [7, 11) is 1.77. The molecule has 0 aromatic heterocycles. The molecule has 1 N–H and O–H groups in total. The molecule has 1 aliphatic rings. The van der Waals surface area contributed by atoms with Gasteiger partial charge in [-0.2, -0.15) is 0 Å². The summed E-state index contributed by atoms with van der Waals surface area (Å²) in [5, 5.41) is 3.51. The molecule has 2 rings (SSSR count). The van der Waals surface area contributed by atoms with E-state index in [0.29, 0.717) is 6.04 Å². The molecule has 0 radical (unpaired) electrons. The van der Waals surface area contributed by atoms with Crippen LogP contribution < -0.4 is 10.1 Å². The normalized spacial score (nSPS) is 26.0. The van der Waals surface area contributed by atoms with Crippen LogP contribution in [0.25, 0.3) is 0 Å². The summed E-state index contributed by atoms with van der Waals surface area (Å²) in [4.78, 5) is 0. The molecule has 1 saturated carbocycles. The molecular formula is C16H25NO2. The maximum atomic E-state index is 6.11. The smallest absolute Gasteiger partial charge is 0.128 e. The van der Waals surface area contributed by atoms with Gasteiger partial charge in [0.25, 0.3) is 0 Å². The standard InChI is InChI=1S/C16H25NO2/c1-5-8-17-13-10-15(16(13)18-4)19-14-9-11(2)6-7-12(14)3/h6-7,9,13,15-17H,5,8,10H2,1-4H3. The van der Waals surface area contributed by atoms with Gasteiger partial charge < -0.3 is 14.8 Å². The first-order valence-corrected chi connectivity index (χ1v) is 7.15. The lowest BCUT2D eigenvalue weighted by molar-refractivity contribution is -0.0889. The predicted molar refractivity (Wildman–Crippen MR) is 77.8 cm³/mol. The van der Waals surface area contributed by atoms with Crippen LogP contribution in [0.5, 0.6) is 5.75 Å². The number of methoxy groups -OCH3 is 1. The molecule has 1 aliphatic carbocycles. The second kappa shape index (κ2) is 6.40. The number of aryl methyl sites for hydroxylation is 2. The summed E-state index contributed by atoms with van der Waals surface area (Å²) in [5.74, 6) is 0.987. The number of rotatable bonds is 6. The van der Waals surface area contributed by atoms with Crippen LogP contribution >= 0.6 is 0 Å². The molecule has 1 fully saturated rings. The predicted octanol–water partition coefficient (Wildman–Crippen LogP) is 2.84. The van der Waals surface area contributed by atoms with Crippen LogP contribution in [0.3, 0.4) is 0 Å². The van der Waals surface area contributed by atoms with E-state index < -0.39 is 0 Å². The molecule has 0 spiro atoms. The van der Waals surface area contributed by atoms with Gasteiger partial charge in [0.05, 0.1) is 0 Å². The summed E-state index contributed by atoms with van der Waals surface area (Å²) >= 11 is 0. The highest BCUT2D eigenvalue weighted by Crippen LogP contribution is 2.30. The van der Waals surface area contributed by atoms with Crippen molar-refractivity contribution in [3.05, 3.63) is 29.3 Å². The Morgan fingerprint density at radius 1 is 1.32 bits per heavy atom. The molecule has 3 unspecified atom stereocenters. The van der Waals surface area contributed by atoms with Crippen molar-refractivity contribution in [2.75, 3.05) is 13.7 Å². The van der Waals surface area contributed by atoms with Gasteiger partial charge in [-0.25, -0.2) is 0 Å². The summed E-state index contributed by atoms with van der Waals surface area (Å²) in [6.07, 6.45) is 2.49. The first-order valence-electron chi connectivity index (χ1n) is 7.15.